The molecule has 126 valence electrons. The number of carbonyl (C=O) groups excluding carboxylic acids is 1. The molecule has 1 saturated carbocycles. The van der Waals surface area contributed by atoms with Crippen molar-refractivity contribution in [2.24, 2.45) is 5.92 Å². The first-order chi connectivity index (χ1) is 11.0. The lowest BCUT2D eigenvalue weighted by Crippen LogP contribution is -2.42. The summed E-state index contributed by atoms with van der Waals surface area (Å²) in [6.45, 7) is 0.0577. The number of carboxylic acids is 1. The second kappa shape index (κ2) is 8.77. The molecule has 6 heteroatoms. The lowest BCUT2D eigenvalue weighted by atomic mass is 9.85. The largest absolute Gasteiger partial charge is 0.480 e. The Kier molecular flexibility index (Phi) is 6.71. The van der Waals surface area contributed by atoms with Gasteiger partial charge in [0.1, 0.15) is 12.6 Å². The Morgan fingerprint density at radius 2 is 2.04 bits per heavy atom. The number of hydrogen-bond donors (Lipinski definition) is 2. The van der Waals surface area contributed by atoms with Gasteiger partial charge in [0.05, 0.1) is 0 Å². The summed E-state index contributed by atoms with van der Waals surface area (Å²) in [6.07, 6.45) is 5.29. The molecule has 2 N–H and O–H groups in total. The molecule has 0 radical (unpaired) electrons. The number of nitrogens with one attached hydrogen (secondary N) is 1. The number of ether oxygens (including phenoxy) is 1. The lowest BCUT2D eigenvalue weighted by molar-refractivity contribution is -0.139. The van der Waals surface area contributed by atoms with E-state index in [0.29, 0.717) is 17.4 Å². The van der Waals surface area contributed by atoms with Gasteiger partial charge in [0.25, 0.3) is 0 Å². The van der Waals surface area contributed by atoms with Gasteiger partial charge in [-0.05, 0) is 30.0 Å². The first-order valence-corrected chi connectivity index (χ1v) is 8.33. The summed E-state index contributed by atoms with van der Waals surface area (Å²) in [5, 5.41) is 12.3. The highest BCUT2D eigenvalue weighted by molar-refractivity contribution is 6.30. The molecule has 0 heterocycles. The van der Waals surface area contributed by atoms with Crippen LogP contribution < -0.4 is 5.32 Å². The molecule has 0 saturated heterocycles. The van der Waals surface area contributed by atoms with E-state index in [4.69, 9.17) is 16.3 Å². The van der Waals surface area contributed by atoms with Crippen LogP contribution >= 0.6 is 11.6 Å². The number of benzene rings is 1. The average Bonchev–Trinajstić information content (AvgIpc) is 2.53. The van der Waals surface area contributed by atoms with Gasteiger partial charge in [-0.25, -0.2) is 9.59 Å². The van der Waals surface area contributed by atoms with E-state index in [1.54, 1.807) is 24.3 Å². The third kappa shape index (κ3) is 6.10. The summed E-state index contributed by atoms with van der Waals surface area (Å²) in [4.78, 5) is 23.2. The van der Waals surface area contributed by atoms with E-state index >= 15 is 0 Å². The molecule has 1 aromatic rings. The average molecular weight is 340 g/mol. The maximum atomic E-state index is 11.8. The maximum absolute atomic E-state index is 11.8. The van der Waals surface area contributed by atoms with Crippen molar-refractivity contribution in [2.45, 2.75) is 51.2 Å². The highest BCUT2D eigenvalue weighted by Crippen LogP contribution is 2.27. The van der Waals surface area contributed by atoms with Crippen LogP contribution in [0.25, 0.3) is 0 Å². The van der Waals surface area contributed by atoms with Crippen LogP contribution in [0.3, 0.4) is 0 Å². The number of hydrogen-bond acceptors (Lipinski definition) is 3. The third-order valence-electron chi connectivity index (χ3n) is 4.14. The van der Waals surface area contributed by atoms with Gasteiger partial charge in [-0.3, -0.25) is 0 Å². The molecule has 23 heavy (non-hydrogen) atoms. The van der Waals surface area contributed by atoms with Crippen molar-refractivity contribution in [2.75, 3.05) is 0 Å². The zero-order chi connectivity index (χ0) is 16.7. The third-order valence-corrected chi connectivity index (χ3v) is 4.38. The van der Waals surface area contributed by atoms with Crippen LogP contribution in [0.15, 0.2) is 24.3 Å². The lowest BCUT2D eigenvalue weighted by Gasteiger charge is -2.24. The van der Waals surface area contributed by atoms with E-state index in [1.807, 2.05) is 0 Å². The van der Waals surface area contributed by atoms with E-state index in [0.717, 1.165) is 31.2 Å². The molecular formula is C17H22ClNO4. The van der Waals surface area contributed by atoms with Gasteiger partial charge in [-0.2, -0.15) is 0 Å². The van der Waals surface area contributed by atoms with Crippen molar-refractivity contribution in [1.82, 2.24) is 5.32 Å². The highest BCUT2D eigenvalue weighted by Gasteiger charge is 2.25. The molecule has 0 spiro atoms. The van der Waals surface area contributed by atoms with Crippen LogP contribution in [0.4, 0.5) is 4.79 Å². The molecule has 0 bridgehead atoms. The zero-order valence-corrected chi connectivity index (χ0v) is 13.7. The van der Waals surface area contributed by atoms with E-state index in [-0.39, 0.29) is 6.61 Å². The first kappa shape index (κ1) is 17.6. The number of aliphatic carboxylic acids is 1. The summed E-state index contributed by atoms with van der Waals surface area (Å²) < 4.78 is 5.08. The number of amides is 1. The minimum absolute atomic E-state index is 0.0577. The minimum Gasteiger partial charge on any atom is -0.480 e. The number of rotatable bonds is 6. The minimum atomic E-state index is -1.02. The van der Waals surface area contributed by atoms with Gasteiger partial charge < -0.3 is 15.2 Å². The van der Waals surface area contributed by atoms with Crippen LogP contribution in [-0.4, -0.2) is 23.2 Å². The van der Waals surface area contributed by atoms with E-state index < -0.39 is 18.1 Å². The maximum Gasteiger partial charge on any atom is 0.408 e. The zero-order valence-electron chi connectivity index (χ0n) is 13.0. The molecule has 2 rings (SSSR count). The first-order valence-electron chi connectivity index (χ1n) is 7.95. The van der Waals surface area contributed by atoms with Crippen LogP contribution in [0.2, 0.25) is 5.02 Å². The molecule has 0 unspecified atom stereocenters. The van der Waals surface area contributed by atoms with Crippen molar-refractivity contribution in [3.05, 3.63) is 34.9 Å². The molecule has 1 amide bonds. The summed E-state index contributed by atoms with van der Waals surface area (Å²) >= 11 is 5.86. The summed E-state index contributed by atoms with van der Waals surface area (Å²) in [5.74, 6) is -0.659. The molecule has 1 fully saturated rings. The molecule has 5 nitrogen and oxygen atoms in total. The summed E-state index contributed by atoms with van der Waals surface area (Å²) in [5.41, 5.74) is 0.756. The molecule has 1 atom stereocenters. The van der Waals surface area contributed by atoms with E-state index in [9.17, 15) is 14.7 Å². The van der Waals surface area contributed by atoms with E-state index in [2.05, 4.69) is 5.32 Å². The van der Waals surface area contributed by atoms with Gasteiger partial charge in [-0.1, -0.05) is 55.8 Å². The van der Waals surface area contributed by atoms with Gasteiger partial charge in [0.15, 0.2) is 0 Å². The second-order valence-electron chi connectivity index (χ2n) is 5.98. The van der Waals surface area contributed by atoms with Crippen molar-refractivity contribution >= 4 is 23.7 Å². The molecule has 1 aromatic carbocycles. The van der Waals surface area contributed by atoms with Gasteiger partial charge in [0.2, 0.25) is 0 Å². The Bertz CT molecular complexity index is 543. The van der Waals surface area contributed by atoms with E-state index in [1.165, 1.54) is 6.42 Å². The Hall–Kier alpha value is -1.75. The molecule has 1 aliphatic rings. The fraction of sp³-hybridized carbons (Fsp3) is 0.529. The molecule has 0 aliphatic heterocycles. The molecular weight excluding hydrogens is 318 g/mol. The van der Waals surface area contributed by atoms with Gasteiger partial charge in [0, 0.05) is 5.02 Å². The summed E-state index contributed by atoms with van der Waals surface area (Å²) in [7, 11) is 0. The SMILES string of the molecule is O=C(N[C@@H](CC1CCCCC1)C(=O)O)OCc1cccc(Cl)c1. The van der Waals surface area contributed by atoms with Crippen molar-refractivity contribution < 1.29 is 19.4 Å². The fourth-order valence-electron chi connectivity index (χ4n) is 2.94. The fourth-order valence-corrected chi connectivity index (χ4v) is 3.15. The predicted octanol–water partition coefficient (Wildman–Crippen LogP) is 3.99. The predicted molar refractivity (Wildman–Crippen MR) is 87.4 cm³/mol. The molecule has 0 aromatic heterocycles. The Morgan fingerprint density at radius 1 is 1.30 bits per heavy atom. The number of carboxylic acid groups (broad SMARTS) is 1. The van der Waals surface area contributed by atoms with Crippen LogP contribution in [0.5, 0.6) is 0 Å². The Labute approximate surface area is 141 Å². The van der Waals surface area contributed by atoms with Gasteiger partial charge >= 0.3 is 12.1 Å². The number of halogens is 1. The van der Waals surface area contributed by atoms with Gasteiger partial charge in [-0.15, -0.1) is 0 Å². The Morgan fingerprint density at radius 3 is 2.70 bits per heavy atom. The number of carbonyl (C=O) groups is 2. The summed E-state index contributed by atoms with van der Waals surface area (Å²) in [6, 6.07) is 6.09. The monoisotopic (exact) mass is 339 g/mol. The normalized spacial score (nSPS) is 16.6. The van der Waals surface area contributed by atoms with Crippen molar-refractivity contribution in [3.63, 3.8) is 0 Å². The van der Waals surface area contributed by atoms with Crippen molar-refractivity contribution in [3.8, 4) is 0 Å². The van der Waals surface area contributed by atoms with Crippen molar-refractivity contribution in [1.29, 1.82) is 0 Å². The topological polar surface area (TPSA) is 75.6 Å². The molecule has 1 aliphatic carbocycles. The smallest absolute Gasteiger partial charge is 0.408 e. The standard InChI is InChI=1S/C17H22ClNO4/c18-14-8-4-7-13(9-14)11-23-17(22)19-15(16(20)21)10-12-5-2-1-3-6-12/h4,7-9,12,15H,1-3,5-6,10-11H2,(H,19,22)(H,20,21)/t15-/m0/s1. The van der Waals surface area contributed by atoms with Crippen LogP contribution in [0, 0.1) is 5.92 Å². The second-order valence-corrected chi connectivity index (χ2v) is 6.42. The Balaban J connectivity index is 1.81. The van der Waals surface area contributed by atoms with Crippen LogP contribution in [0.1, 0.15) is 44.1 Å². The number of alkyl carbamates (subject to hydrolysis) is 1. The quantitative estimate of drug-likeness (QED) is 0.821. The van der Waals surface area contributed by atoms with Crippen LogP contribution in [-0.2, 0) is 16.1 Å². The highest BCUT2D eigenvalue weighted by atomic mass is 35.5.